The van der Waals surface area contributed by atoms with Crippen LogP contribution >= 0.6 is 11.6 Å². The van der Waals surface area contributed by atoms with Crippen molar-refractivity contribution in [1.29, 1.82) is 0 Å². The van der Waals surface area contributed by atoms with Crippen LogP contribution in [-0.2, 0) is 7.05 Å². The number of hydrogen-bond donors (Lipinski definition) is 0. The lowest BCUT2D eigenvalue weighted by Crippen LogP contribution is -2.41. The quantitative estimate of drug-likeness (QED) is 0.734. The van der Waals surface area contributed by atoms with E-state index >= 15 is 0 Å². The van der Waals surface area contributed by atoms with Crippen molar-refractivity contribution in [3.8, 4) is 0 Å². The van der Waals surface area contributed by atoms with Gasteiger partial charge < -0.3 is 4.90 Å². The molecule has 0 aliphatic rings. The van der Waals surface area contributed by atoms with E-state index in [0.29, 0.717) is 18.1 Å². The van der Waals surface area contributed by atoms with Crippen molar-refractivity contribution in [1.82, 2.24) is 14.7 Å². The van der Waals surface area contributed by atoms with Crippen molar-refractivity contribution >= 4 is 17.5 Å². The van der Waals surface area contributed by atoms with Crippen LogP contribution in [0.1, 0.15) is 37.2 Å². The van der Waals surface area contributed by atoms with E-state index in [1.54, 1.807) is 24.0 Å². The molecule has 0 saturated heterocycles. The van der Waals surface area contributed by atoms with Gasteiger partial charge in [-0.25, -0.2) is 0 Å². The number of nitrogens with zero attached hydrogens (tertiary/aromatic N) is 3. The first kappa shape index (κ1) is 14.0. The lowest BCUT2D eigenvalue weighted by molar-refractivity contribution is 0.0674. The molecule has 1 heterocycles. The highest BCUT2D eigenvalue weighted by Gasteiger charge is 2.23. The van der Waals surface area contributed by atoms with E-state index in [2.05, 4.69) is 18.9 Å². The molecule has 1 rings (SSSR count). The Hall–Kier alpha value is -1.03. The molecule has 0 saturated carbocycles. The van der Waals surface area contributed by atoms with Crippen LogP contribution in [0.25, 0.3) is 0 Å². The van der Waals surface area contributed by atoms with Crippen LogP contribution in [0.2, 0.25) is 0 Å². The summed E-state index contributed by atoms with van der Waals surface area (Å²) in [5.41, 5.74) is 0.490. The minimum Gasteiger partial charge on any atom is -0.333 e. The van der Waals surface area contributed by atoms with Gasteiger partial charge in [0.15, 0.2) is 0 Å². The lowest BCUT2D eigenvalue weighted by Gasteiger charge is -2.29. The third kappa shape index (κ3) is 3.46. The number of alkyl halides is 1. The summed E-state index contributed by atoms with van der Waals surface area (Å²) in [6, 6.07) is 1.98. The summed E-state index contributed by atoms with van der Waals surface area (Å²) in [5, 5.41) is 4.15. The highest BCUT2D eigenvalue weighted by atomic mass is 35.5. The van der Waals surface area contributed by atoms with Gasteiger partial charge >= 0.3 is 0 Å². The molecule has 1 aromatic rings. The molecule has 0 N–H and O–H groups in total. The number of hydrogen-bond acceptors (Lipinski definition) is 2. The molecule has 0 unspecified atom stereocenters. The summed E-state index contributed by atoms with van der Waals surface area (Å²) < 4.78 is 1.64. The lowest BCUT2D eigenvalue weighted by atomic mass is 10.1. The van der Waals surface area contributed by atoms with E-state index in [0.717, 1.165) is 12.8 Å². The molecule has 0 radical (unpaired) electrons. The Morgan fingerprint density at radius 1 is 1.53 bits per heavy atom. The van der Waals surface area contributed by atoms with E-state index in [1.807, 2.05) is 4.90 Å². The predicted molar refractivity (Wildman–Crippen MR) is 69.3 cm³/mol. The van der Waals surface area contributed by atoms with Gasteiger partial charge in [0.1, 0.15) is 5.69 Å². The molecule has 0 aromatic carbocycles. The number of carbonyl (C=O) groups excluding carboxylic acids is 1. The van der Waals surface area contributed by atoms with Crippen LogP contribution in [0.5, 0.6) is 0 Å². The summed E-state index contributed by atoms with van der Waals surface area (Å²) in [4.78, 5) is 14.1. The van der Waals surface area contributed by atoms with Gasteiger partial charge in [-0.05, 0) is 18.9 Å². The molecule has 0 aliphatic carbocycles. The zero-order valence-electron chi connectivity index (χ0n) is 10.7. The Labute approximate surface area is 108 Å². The summed E-state index contributed by atoms with van der Waals surface area (Å²) >= 11 is 5.77. The smallest absolute Gasteiger partial charge is 0.274 e. The standard InChI is InChI=1S/C12H20ClN3O/c1-4-10(5-2)16(9-7-13)12(17)11-6-8-15(3)14-11/h6,8,10H,4-5,7,9H2,1-3H3. The second-order valence-corrected chi connectivity index (χ2v) is 4.41. The summed E-state index contributed by atoms with van der Waals surface area (Å²) in [7, 11) is 1.81. The number of halogens is 1. The highest BCUT2D eigenvalue weighted by Crippen LogP contribution is 2.12. The van der Waals surface area contributed by atoms with Gasteiger partial charge in [0.25, 0.3) is 5.91 Å². The van der Waals surface area contributed by atoms with E-state index in [-0.39, 0.29) is 11.9 Å². The fraction of sp³-hybridized carbons (Fsp3) is 0.667. The maximum Gasteiger partial charge on any atom is 0.274 e. The maximum absolute atomic E-state index is 12.3. The van der Waals surface area contributed by atoms with Gasteiger partial charge in [-0.2, -0.15) is 5.10 Å². The molecule has 0 aliphatic heterocycles. The molecule has 0 bridgehead atoms. The van der Waals surface area contributed by atoms with Crippen LogP contribution in [0.4, 0.5) is 0 Å². The maximum atomic E-state index is 12.3. The van der Waals surface area contributed by atoms with Crippen molar-refractivity contribution in [3.63, 3.8) is 0 Å². The second kappa shape index (κ2) is 6.64. The fourth-order valence-electron chi connectivity index (χ4n) is 1.95. The molecule has 0 atom stereocenters. The van der Waals surface area contributed by atoms with E-state index < -0.39 is 0 Å². The van der Waals surface area contributed by atoms with Gasteiger partial charge in [-0.3, -0.25) is 9.48 Å². The first-order valence-corrected chi connectivity index (χ1v) is 6.54. The minimum atomic E-state index is -0.0278. The predicted octanol–water partition coefficient (Wildman–Crippen LogP) is 2.29. The van der Waals surface area contributed by atoms with Crippen LogP contribution in [-0.4, -0.2) is 39.1 Å². The number of carbonyl (C=O) groups is 1. The van der Waals surface area contributed by atoms with Gasteiger partial charge in [-0.1, -0.05) is 13.8 Å². The second-order valence-electron chi connectivity index (χ2n) is 4.03. The first-order chi connectivity index (χ1) is 8.13. The van der Waals surface area contributed by atoms with Crippen LogP contribution in [0, 0.1) is 0 Å². The molecule has 96 valence electrons. The summed E-state index contributed by atoms with van der Waals surface area (Å²) in [6.07, 6.45) is 3.65. The van der Waals surface area contributed by atoms with Crippen molar-refractivity contribution in [2.24, 2.45) is 7.05 Å². The zero-order chi connectivity index (χ0) is 12.8. The molecule has 4 nitrogen and oxygen atoms in total. The Kier molecular flexibility index (Phi) is 5.48. The van der Waals surface area contributed by atoms with Crippen molar-refractivity contribution in [2.75, 3.05) is 12.4 Å². The van der Waals surface area contributed by atoms with Crippen LogP contribution in [0.15, 0.2) is 12.3 Å². The van der Waals surface area contributed by atoms with Crippen molar-refractivity contribution in [2.45, 2.75) is 32.7 Å². The zero-order valence-corrected chi connectivity index (χ0v) is 11.4. The van der Waals surface area contributed by atoms with Gasteiger partial charge in [0, 0.05) is 31.7 Å². The first-order valence-electron chi connectivity index (χ1n) is 6.00. The number of aromatic nitrogens is 2. The minimum absolute atomic E-state index is 0.0278. The molecule has 5 heteroatoms. The van der Waals surface area contributed by atoms with Gasteiger partial charge in [-0.15, -0.1) is 11.6 Å². The molecule has 0 fully saturated rings. The number of rotatable bonds is 6. The Morgan fingerprint density at radius 2 is 2.18 bits per heavy atom. The summed E-state index contributed by atoms with van der Waals surface area (Å²) in [6.45, 7) is 4.74. The largest absolute Gasteiger partial charge is 0.333 e. The molecular weight excluding hydrogens is 238 g/mol. The molecule has 1 aromatic heterocycles. The third-order valence-corrected chi connectivity index (χ3v) is 3.07. The number of amides is 1. The van der Waals surface area contributed by atoms with E-state index in [4.69, 9.17) is 11.6 Å². The molecule has 1 amide bonds. The summed E-state index contributed by atoms with van der Waals surface area (Å²) in [5.74, 6) is 0.426. The van der Waals surface area contributed by atoms with Crippen molar-refractivity contribution in [3.05, 3.63) is 18.0 Å². The number of aryl methyl sites for hydroxylation is 1. The third-order valence-electron chi connectivity index (χ3n) is 2.90. The molecular formula is C12H20ClN3O. The van der Waals surface area contributed by atoms with E-state index in [9.17, 15) is 4.79 Å². The molecule has 0 spiro atoms. The topological polar surface area (TPSA) is 38.1 Å². The highest BCUT2D eigenvalue weighted by molar-refractivity contribution is 6.18. The average Bonchev–Trinajstić information content (AvgIpc) is 2.75. The monoisotopic (exact) mass is 257 g/mol. The average molecular weight is 258 g/mol. The van der Waals surface area contributed by atoms with Gasteiger partial charge in [0.2, 0.25) is 0 Å². The van der Waals surface area contributed by atoms with Crippen molar-refractivity contribution < 1.29 is 4.79 Å². The Balaban J connectivity index is 2.86. The van der Waals surface area contributed by atoms with Crippen LogP contribution < -0.4 is 0 Å². The fourth-order valence-corrected chi connectivity index (χ4v) is 2.13. The SMILES string of the molecule is CCC(CC)N(CCCl)C(=O)c1ccn(C)n1. The Morgan fingerprint density at radius 3 is 2.59 bits per heavy atom. The normalized spacial score (nSPS) is 10.9. The molecule has 17 heavy (non-hydrogen) atoms. The Bertz CT molecular complexity index is 360. The van der Waals surface area contributed by atoms with Gasteiger partial charge in [0.05, 0.1) is 0 Å². The van der Waals surface area contributed by atoms with Crippen LogP contribution in [0.3, 0.4) is 0 Å². The van der Waals surface area contributed by atoms with E-state index in [1.165, 1.54) is 0 Å².